The fourth-order valence-corrected chi connectivity index (χ4v) is 3.42. The van der Waals surface area contributed by atoms with Gasteiger partial charge in [-0.15, -0.1) is 0 Å². The average Bonchev–Trinajstić information content (AvgIpc) is 2.83. The molecular weight excluding hydrogens is 262 g/mol. The lowest BCUT2D eigenvalue weighted by atomic mass is 10.1. The predicted molar refractivity (Wildman–Crippen MR) is 84.0 cm³/mol. The average molecular weight is 287 g/mol. The van der Waals surface area contributed by atoms with Crippen LogP contribution in [0.5, 0.6) is 0 Å². The van der Waals surface area contributed by atoms with Crippen LogP contribution in [0.25, 0.3) is 0 Å². The number of carbonyl (C=O) groups is 1. The van der Waals surface area contributed by atoms with Gasteiger partial charge in [-0.3, -0.25) is 9.69 Å². The van der Waals surface area contributed by atoms with Gasteiger partial charge >= 0.3 is 0 Å². The minimum absolute atomic E-state index is 0.0903. The summed E-state index contributed by atoms with van der Waals surface area (Å²) in [4.78, 5) is 17.1. The van der Waals surface area contributed by atoms with Gasteiger partial charge in [0.05, 0.1) is 6.04 Å². The van der Waals surface area contributed by atoms with Crippen LogP contribution in [0.15, 0.2) is 24.3 Å². The van der Waals surface area contributed by atoms with Crippen molar-refractivity contribution in [3.63, 3.8) is 0 Å². The van der Waals surface area contributed by atoms with Crippen LogP contribution >= 0.6 is 0 Å². The number of hydrogen-bond donors (Lipinski definition) is 1. The molecule has 4 nitrogen and oxygen atoms in total. The molecule has 3 rings (SSSR count). The van der Waals surface area contributed by atoms with Crippen LogP contribution in [0.1, 0.15) is 24.5 Å². The Hall–Kier alpha value is -1.39. The Morgan fingerprint density at radius 1 is 1.24 bits per heavy atom. The van der Waals surface area contributed by atoms with E-state index in [4.69, 9.17) is 0 Å². The number of rotatable bonds is 3. The van der Waals surface area contributed by atoms with E-state index in [1.807, 2.05) is 4.90 Å². The highest BCUT2D eigenvalue weighted by Gasteiger charge is 2.38. The maximum atomic E-state index is 12.7. The van der Waals surface area contributed by atoms with E-state index in [0.29, 0.717) is 11.9 Å². The van der Waals surface area contributed by atoms with Crippen LogP contribution < -0.4 is 5.32 Å². The molecule has 2 aliphatic rings. The molecule has 2 fully saturated rings. The quantitative estimate of drug-likeness (QED) is 0.912. The molecule has 0 spiro atoms. The number of aryl methyl sites for hydroxylation is 1. The molecule has 114 valence electrons. The van der Waals surface area contributed by atoms with Gasteiger partial charge < -0.3 is 10.2 Å². The zero-order valence-electron chi connectivity index (χ0n) is 13.0. The molecule has 0 radical (unpaired) electrons. The third-order valence-electron chi connectivity index (χ3n) is 4.72. The van der Waals surface area contributed by atoms with Gasteiger partial charge in [0.15, 0.2) is 0 Å². The van der Waals surface area contributed by atoms with Crippen LogP contribution in [0.2, 0.25) is 0 Å². The maximum Gasteiger partial charge on any atom is 0.240 e. The van der Waals surface area contributed by atoms with Gasteiger partial charge in [0.25, 0.3) is 0 Å². The summed E-state index contributed by atoms with van der Waals surface area (Å²) in [5, 5.41) is 3.39. The third kappa shape index (κ3) is 3.11. The van der Waals surface area contributed by atoms with Gasteiger partial charge in [-0.1, -0.05) is 29.8 Å². The summed E-state index contributed by atoms with van der Waals surface area (Å²) in [6, 6.07) is 9.03. The second-order valence-electron chi connectivity index (χ2n) is 6.34. The monoisotopic (exact) mass is 287 g/mol. The van der Waals surface area contributed by atoms with E-state index in [9.17, 15) is 4.79 Å². The zero-order valence-corrected chi connectivity index (χ0v) is 13.0. The van der Waals surface area contributed by atoms with E-state index in [1.54, 1.807) is 0 Å². The van der Waals surface area contributed by atoms with Crippen molar-refractivity contribution in [3.8, 4) is 0 Å². The standard InChI is InChI=1S/C17H25N3O/c1-13-3-5-15(6-4-13)12-19-9-7-16(17(19)21)20-10-8-18-11-14(20)2/h3-6,14,16,18H,7-12H2,1-2H3/t14?,16-/m1/s1. The van der Waals surface area contributed by atoms with Gasteiger partial charge in [0, 0.05) is 38.8 Å². The van der Waals surface area contributed by atoms with Crippen molar-refractivity contribution < 1.29 is 4.79 Å². The second kappa shape index (κ2) is 6.16. The highest BCUT2D eigenvalue weighted by atomic mass is 16.2. The first kappa shape index (κ1) is 14.5. The van der Waals surface area contributed by atoms with Crippen molar-refractivity contribution >= 4 is 5.91 Å². The molecule has 1 aromatic carbocycles. The Kier molecular flexibility index (Phi) is 4.27. The highest BCUT2D eigenvalue weighted by Crippen LogP contribution is 2.22. The summed E-state index contributed by atoms with van der Waals surface area (Å²) >= 11 is 0. The minimum atomic E-state index is 0.0903. The first-order valence-corrected chi connectivity index (χ1v) is 7.96. The van der Waals surface area contributed by atoms with Crippen molar-refractivity contribution in [2.24, 2.45) is 0 Å². The molecule has 2 heterocycles. The first-order valence-electron chi connectivity index (χ1n) is 7.96. The third-order valence-corrected chi connectivity index (χ3v) is 4.72. The number of carbonyl (C=O) groups excluding carboxylic acids is 1. The largest absolute Gasteiger partial charge is 0.337 e. The zero-order chi connectivity index (χ0) is 14.8. The number of amides is 1. The number of benzene rings is 1. The molecule has 0 aliphatic carbocycles. The van der Waals surface area contributed by atoms with E-state index >= 15 is 0 Å². The van der Waals surface area contributed by atoms with Gasteiger partial charge in [-0.05, 0) is 25.8 Å². The van der Waals surface area contributed by atoms with Crippen molar-refractivity contribution in [2.75, 3.05) is 26.2 Å². The number of likely N-dealkylation sites (tertiary alicyclic amines) is 1. The Morgan fingerprint density at radius 3 is 2.71 bits per heavy atom. The highest BCUT2D eigenvalue weighted by molar-refractivity contribution is 5.84. The van der Waals surface area contributed by atoms with Crippen molar-refractivity contribution in [2.45, 2.75) is 38.9 Å². The smallest absolute Gasteiger partial charge is 0.240 e. The van der Waals surface area contributed by atoms with Crippen molar-refractivity contribution in [1.82, 2.24) is 15.1 Å². The topological polar surface area (TPSA) is 35.6 Å². The van der Waals surface area contributed by atoms with E-state index in [0.717, 1.165) is 39.1 Å². The number of nitrogens with zero attached hydrogens (tertiary/aromatic N) is 2. The van der Waals surface area contributed by atoms with Gasteiger partial charge in [0.2, 0.25) is 5.91 Å². The lowest BCUT2D eigenvalue weighted by Gasteiger charge is -2.37. The summed E-state index contributed by atoms with van der Waals surface area (Å²) in [5.41, 5.74) is 2.49. The molecule has 1 unspecified atom stereocenters. The Bertz CT molecular complexity index is 499. The Labute approximate surface area is 127 Å². The summed E-state index contributed by atoms with van der Waals surface area (Å²) in [5.74, 6) is 0.310. The maximum absolute atomic E-state index is 12.7. The van der Waals surface area contributed by atoms with Crippen LogP contribution in [0, 0.1) is 6.92 Å². The Morgan fingerprint density at radius 2 is 2.00 bits per heavy atom. The Balaban J connectivity index is 1.64. The molecule has 0 saturated carbocycles. The molecule has 1 aromatic rings. The summed E-state index contributed by atoms with van der Waals surface area (Å²) in [7, 11) is 0. The number of nitrogens with one attached hydrogen (secondary N) is 1. The van der Waals surface area contributed by atoms with Crippen LogP contribution in [0.4, 0.5) is 0 Å². The molecular formula is C17H25N3O. The molecule has 1 N–H and O–H groups in total. The normalized spacial score (nSPS) is 27.3. The molecule has 2 saturated heterocycles. The molecule has 0 aromatic heterocycles. The van der Waals surface area contributed by atoms with Crippen LogP contribution in [0.3, 0.4) is 0 Å². The summed E-state index contributed by atoms with van der Waals surface area (Å²) < 4.78 is 0. The molecule has 2 atom stereocenters. The number of piperazine rings is 1. The van der Waals surface area contributed by atoms with Crippen molar-refractivity contribution in [3.05, 3.63) is 35.4 Å². The second-order valence-corrected chi connectivity index (χ2v) is 6.34. The van der Waals surface area contributed by atoms with E-state index < -0.39 is 0 Å². The van der Waals surface area contributed by atoms with Crippen LogP contribution in [-0.4, -0.2) is 54.0 Å². The lowest BCUT2D eigenvalue weighted by molar-refractivity contribution is -0.133. The molecule has 2 aliphatic heterocycles. The van der Waals surface area contributed by atoms with Gasteiger partial charge in [-0.25, -0.2) is 0 Å². The fraction of sp³-hybridized carbons (Fsp3) is 0.588. The summed E-state index contributed by atoms with van der Waals surface area (Å²) in [6.45, 7) is 8.89. The van der Waals surface area contributed by atoms with E-state index in [1.165, 1.54) is 11.1 Å². The number of hydrogen-bond acceptors (Lipinski definition) is 3. The first-order chi connectivity index (χ1) is 10.1. The predicted octanol–water partition coefficient (Wildman–Crippen LogP) is 1.39. The van der Waals surface area contributed by atoms with Gasteiger partial charge in [-0.2, -0.15) is 0 Å². The SMILES string of the molecule is Cc1ccc(CN2CC[C@@H](N3CCNCC3C)C2=O)cc1. The van der Waals surface area contributed by atoms with Crippen LogP contribution in [-0.2, 0) is 11.3 Å². The van der Waals surface area contributed by atoms with E-state index in [2.05, 4.69) is 48.3 Å². The molecule has 0 bridgehead atoms. The molecule has 4 heteroatoms. The van der Waals surface area contributed by atoms with E-state index in [-0.39, 0.29) is 6.04 Å². The van der Waals surface area contributed by atoms with Gasteiger partial charge in [0.1, 0.15) is 0 Å². The molecule has 21 heavy (non-hydrogen) atoms. The minimum Gasteiger partial charge on any atom is -0.337 e. The molecule has 1 amide bonds. The lowest BCUT2D eigenvalue weighted by Crippen LogP contribution is -2.55. The summed E-state index contributed by atoms with van der Waals surface area (Å²) in [6.07, 6.45) is 0.967. The van der Waals surface area contributed by atoms with Crippen molar-refractivity contribution in [1.29, 1.82) is 0 Å². The fourth-order valence-electron chi connectivity index (χ4n) is 3.42.